The van der Waals surface area contributed by atoms with Gasteiger partial charge in [-0.05, 0) is 31.1 Å². The predicted octanol–water partition coefficient (Wildman–Crippen LogP) is 0.535. The van der Waals surface area contributed by atoms with Gasteiger partial charge in [-0.25, -0.2) is 4.79 Å². The number of ether oxygens (including phenoxy) is 1. The molecular formula is C15H26N2O5. The highest BCUT2D eigenvalue weighted by Gasteiger charge is 2.22. The Labute approximate surface area is 130 Å². The van der Waals surface area contributed by atoms with Crippen molar-refractivity contribution >= 4 is 17.8 Å². The number of amides is 2. The summed E-state index contributed by atoms with van der Waals surface area (Å²) in [7, 11) is 0. The molecule has 0 aromatic carbocycles. The topological polar surface area (TPSA) is 105 Å². The summed E-state index contributed by atoms with van der Waals surface area (Å²) in [6, 6.07) is -0.917. The SMILES string of the molecule is CC(C)C[C@H](NC(=O)CNC(=O)CC1CCOCC1)C(=O)O. The first kappa shape index (κ1) is 18.4. The Hall–Kier alpha value is -1.63. The Kier molecular flexibility index (Phi) is 7.87. The number of carbonyl (C=O) groups excluding carboxylic acids is 2. The summed E-state index contributed by atoms with van der Waals surface area (Å²) in [4.78, 5) is 34.5. The van der Waals surface area contributed by atoms with E-state index >= 15 is 0 Å². The largest absolute Gasteiger partial charge is 0.480 e. The number of carboxylic acids is 1. The number of hydrogen-bond donors (Lipinski definition) is 3. The van der Waals surface area contributed by atoms with E-state index in [0.29, 0.717) is 32.0 Å². The van der Waals surface area contributed by atoms with E-state index < -0.39 is 17.9 Å². The van der Waals surface area contributed by atoms with E-state index in [2.05, 4.69) is 10.6 Å². The van der Waals surface area contributed by atoms with Crippen molar-refractivity contribution in [1.82, 2.24) is 10.6 Å². The normalized spacial score (nSPS) is 17.0. The quantitative estimate of drug-likeness (QED) is 0.606. The van der Waals surface area contributed by atoms with Gasteiger partial charge in [-0.15, -0.1) is 0 Å². The monoisotopic (exact) mass is 314 g/mol. The minimum atomic E-state index is -1.06. The molecule has 1 aliphatic rings. The Morgan fingerprint density at radius 1 is 1.18 bits per heavy atom. The van der Waals surface area contributed by atoms with Crippen LogP contribution in [-0.2, 0) is 19.1 Å². The summed E-state index contributed by atoms with van der Waals surface area (Å²) in [5.74, 6) is -1.27. The minimum absolute atomic E-state index is 0.157. The average molecular weight is 314 g/mol. The molecule has 0 unspecified atom stereocenters. The van der Waals surface area contributed by atoms with Crippen molar-refractivity contribution in [3.05, 3.63) is 0 Å². The van der Waals surface area contributed by atoms with Gasteiger partial charge in [0.1, 0.15) is 6.04 Å². The van der Waals surface area contributed by atoms with Crippen LogP contribution >= 0.6 is 0 Å². The fourth-order valence-corrected chi connectivity index (χ4v) is 2.40. The smallest absolute Gasteiger partial charge is 0.326 e. The highest BCUT2D eigenvalue weighted by Crippen LogP contribution is 2.17. The van der Waals surface area contributed by atoms with Crippen LogP contribution in [0.1, 0.15) is 39.5 Å². The molecule has 0 aromatic rings. The van der Waals surface area contributed by atoms with Crippen molar-refractivity contribution in [2.75, 3.05) is 19.8 Å². The summed E-state index contributed by atoms with van der Waals surface area (Å²) in [6.07, 6.45) is 2.45. The maximum Gasteiger partial charge on any atom is 0.326 e. The second kappa shape index (κ2) is 9.40. The molecule has 0 spiro atoms. The van der Waals surface area contributed by atoms with Crippen molar-refractivity contribution in [2.45, 2.75) is 45.6 Å². The summed E-state index contributed by atoms with van der Waals surface area (Å²) in [5.41, 5.74) is 0. The molecule has 22 heavy (non-hydrogen) atoms. The van der Waals surface area contributed by atoms with Gasteiger partial charge in [-0.2, -0.15) is 0 Å². The van der Waals surface area contributed by atoms with Crippen molar-refractivity contribution < 1.29 is 24.2 Å². The Balaban J connectivity index is 2.28. The van der Waals surface area contributed by atoms with E-state index in [1.165, 1.54) is 0 Å². The Morgan fingerprint density at radius 3 is 2.36 bits per heavy atom. The fraction of sp³-hybridized carbons (Fsp3) is 0.800. The Bertz CT molecular complexity index is 391. The molecule has 0 radical (unpaired) electrons. The zero-order chi connectivity index (χ0) is 16.5. The average Bonchev–Trinajstić information content (AvgIpc) is 2.45. The van der Waals surface area contributed by atoms with Crippen LogP contribution in [0.3, 0.4) is 0 Å². The maximum atomic E-state index is 11.8. The van der Waals surface area contributed by atoms with Gasteiger partial charge in [0.15, 0.2) is 0 Å². The van der Waals surface area contributed by atoms with Crippen LogP contribution in [0.5, 0.6) is 0 Å². The molecule has 0 aromatic heterocycles. The molecule has 1 atom stereocenters. The van der Waals surface area contributed by atoms with Crippen LogP contribution in [0.4, 0.5) is 0 Å². The third-order valence-electron chi connectivity index (χ3n) is 3.60. The second-order valence-corrected chi connectivity index (χ2v) is 6.12. The molecule has 0 saturated carbocycles. The molecule has 3 N–H and O–H groups in total. The lowest BCUT2D eigenvalue weighted by atomic mass is 9.96. The molecule has 1 aliphatic heterocycles. The minimum Gasteiger partial charge on any atom is -0.480 e. The van der Waals surface area contributed by atoms with Gasteiger partial charge in [-0.1, -0.05) is 13.8 Å². The van der Waals surface area contributed by atoms with E-state index in [4.69, 9.17) is 9.84 Å². The van der Waals surface area contributed by atoms with Crippen LogP contribution in [0.2, 0.25) is 0 Å². The highest BCUT2D eigenvalue weighted by atomic mass is 16.5. The van der Waals surface area contributed by atoms with Gasteiger partial charge in [0.05, 0.1) is 6.54 Å². The second-order valence-electron chi connectivity index (χ2n) is 6.12. The molecule has 7 heteroatoms. The van der Waals surface area contributed by atoms with Gasteiger partial charge < -0.3 is 20.5 Å². The number of nitrogens with one attached hydrogen (secondary N) is 2. The van der Waals surface area contributed by atoms with Crippen LogP contribution in [-0.4, -0.2) is 48.7 Å². The van der Waals surface area contributed by atoms with Gasteiger partial charge in [0.25, 0.3) is 0 Å². The zero-order valence-electron chi connectivity index (χ0n) is 13.3. The summed E-state index contributed by atoms with van der Waals surface area (Å²) >= 11 is 0. The highest BCUT2D eigenvalue weighted by molar-refractivity contribution is 5.87. The van der Waals surface area contributed by atoms with E-state index in [0.717, 1.165) is 12.8 Å². The number of hydrogen-bond acceptors (Lipinski definition) is 4. The van der Waals surface area contributed by atoms with Gasteiger partial charge in [-0.3, -0.25) is 9.59 Å². The Morgan fingerprint density at radius 2 is 1.82 bits per heavy atom. The molecule has 1 rings (SSSR count). The molecule has 1 fully saturated rings. The van der Waals surface area contributed by atoms with Crippen LogP contribution in [0.15, 0.2) is 0 Å². The molecule has 0 aliphatic carbocycles. The first-order chi connectivity index (χ1) is 10.4. The zero-order valence-corrected chi connectivity index (χ0v) is 13.3. The molecule has 7 nitrogen and oxygen atoms in total. The van der Waals surface area contributed by atoms with E-state index in [9.17, 15) is 14.4 Å². The summed E-state index contributed by atoms with van der Waals surface area (Å²) in [6.45, 7) is 4.93. The molecule has 126 valence electrons. The number of aliphatic carboxylic acids is 1. The molecule has 0 bridgehead atoms. The number of carboxylic acid groups (broad SMARTS) is 1. The number of carbonyl (C=O) groups is 3. The van der Waals surface area contributed by atoms with Crippen molar-refractivity contribution in [2.24, 2.45) is 11.8 Å². The molecule has 2 amide bonds. The third kappa shape index (κ3) is 7.40. The van der Waals surface area contributed by atoms with Crippen LogP contribution in [0.25, 0.3) is 0 Å². The predicted molar refractivity (Wildman–Crippen MR) is 80.2 cm³/mol. The van der Waals surface area contributed by atoms with E-state index in [1.807, 2.05) is 13.8 Å². The van der Waals surface area contributed by atoms with E-state index in [-0.39, 0.29) is 18.4 Å². The van der Waals surface area contributed by atoms with Gasteiger partial charge >= 0.3 is 5.97 Å². The molecule has 1 saturated heterocycles. The first-order valence-corrected chi connectivity index (χ1v) is 7.75. The van der Waals surface area contributed by atoms with Crippen molar-refractivity contribution in [3.63, 3.8) is 0 Å². The maximum absolute atomic E-state index is 11.8. The standard InChI is InChI=1S/C15H26N2O5/c1-10(2)7-12(15(20)21)17-14(19)9-16-13(18)8-11-3-5-22-6-4-11/h10-12H,3-9H2,1-2H3,(H,16,18)(H,17,19)(H,20,21)/t12-/m0/s1. The van der Waals surface area contributed by atoms with Gasteiger partial charge in [0, 0.05) is 19.6 Å². The summed E-state index contributed by atoms with van der Waals surface area (Å²) < 4.78 is 5.23. The lowest BCUT2D eigenvalue weighted by Crippen LogP contribution is -2.46. The van der Waals surface area contributed by atoms with Crippen molar-refractivity contribution in [3.8, 4) is 0 Å². The molecular weight excluding hydrogens is 288 g/mol. The third-order valence-corrected chi connectivity index (χ3v) is 3.60. The fourth-order valence-electron chi connectivity index (χ4n) is 2.40. The summed E-state index contributed by atoms with van der Waals surface area (Å²) in [5, 5.41) is 14.0. The lowest BCUT2D eigenvalue weighted by molar-refractivity contribution is -0.142. The van der Waals surface area contributed by atoms with Crippen LogP contribution in [0, 0.1) is 11.8 Å². The first-order valence-electron chi connectivity index (χ1n) is 7.75. The molecule has 1 heterocycles. The number of rotatable bonds is 8. The van der Waals surface area contributed by atoms with E-state index in [1.54, 1.807) is 0 Å². The van der Waals surface area contributed by atoms with Gasteiger partial charge in [0.2, 0.25) is 11.8 Å². The lowest BCUT2D eigenvalue weighted by Gasteiger charge is -2.21. The van der Waals surface area contributed by atoms with Crippen LogP contribution < -0.4 is 10.6 Å². The van der Waals surface area contributed by atoms with Crippen molar-refractivity contribution in [1.29, 1.82) is 0 Å².